The maximum atomic E-state index is 12.3. The van der Waals surface area contributed by atoms with E-state index in [1.165, 1.54) is 5.56 Å². The van der Waals surface area contributed by atoms with Gasteiger partial charge in [-0.05, 0) is 42.7 Å². The molecule has 5 nitrogen and oxygen atoms in total. The van der Waals surface area contributed by atoms with Gasteiger partial charge in [0.25, 0.3) is 0 Å². The molecule has 0 fully saturated rings. The molecule has 1 amide bonds. The molecule has 5 heteroatoms. The van der Waals surface area contributed by atoms with Crippen molar-refractivity contribution in [2.75, 3.05) is 14.2 Å². The van der Waals surface area contributed by atoms with Gasteiger partial charge in [0.2, 0.25) is 5.91 Å². The van der Waals surface area contributed by atoms with Gasteiger partial charge in [-0.2, -0.15) is 0 Å². The lowest BCUT2D eigenvalue weighted by Gasteiger charge is -2.10. The van der Waals surface area contributed by atoms with Gasteiger partial charge in [-0.25, -0.2) is 0 Å². The Hall–Kier alpha value is -2.95. The molecule has 0 saturated carbocycles. The molecule has 1 N–H and O–H groups in total. The van der Waals surface area contributed by atoms with Gasteiger partial charge in [0.05, 0.1) is 26.9 Å². The molecule has 26 heavy (non-hydrogen) atoms. The fraction of sp³-hybridized carbons (Fsp3) is 0.286. The van der Waals surface area contributed by atoms with Crippen molar-refractivity contribution in [3.8, 4) is 11.5 Å². The van der Waals surface area contributed by atoms with E-state index >= 15 is 0 Å². The van der Waals surface area contributed by atoms with E-state index in [1.807, 2.05) is 38.1 Å². The zero-order valence-electron chi connectivity index (χ0n) is 15.5. The van der Waals surface area contributed by atoms with Crippen molar-refractivity contribution in [2.24, 2.45) is 0 Å². The summed E-state index contributed by atoms with van der Waals surface area (Å²) in [4.78, 5) is 12.3. The van der Waals surface area contributed by atoms with Crippen LogP contribution in [0.25, 0.3) is 11.0 Å². The van der Waals surface area contributed by atoms with Crippen LogP contribution in [0.5, 0.6) is 11.5 Å². The van der Waals surface area contributed by atoms with Crippen molar-refractivity contribution < 1.29 is 18.7 Å². The van der Waals surface area contributed by atoms with Crippen LogP contribution in [-0.4, -0.2) is 20.1 Å². The second kappa shape index (κ2) is 7.52. The zero-order valence-corrected chi connectivity index (χ0v) is 15.5. The molecule has 2 aromatic carbocycles. The molecule has 0 unspecified atom stereocenters. The van der Waals surface area contributed by atoms with Crippen molar-refractivity contribution in [1.29, 1.82) is 0 Å². The fourth-order valence-electron chi connectivity index (χ4n) is 2.95. The quantitative estimate of drug-likeness (QED) is 0.729. The van der Waals surface area contributed by atoms with Crippen molar-refractivity contribution in [3.63, 3.8) is 0 Å². The van der Waals surface area contributed by atoms with E-state index in [-0.39, 0.29) is 12.3 Å². The maximum Gasteiger partial charge on any atom is 0.224 e. The number of nitrogens with one attached hydrogen (secondary N) is 1. The third-order valence-corrected chi connectivity index (χ3v) is 4.63. The minimum absolute atomic E-state index is 0.0549. The van der Waals surface area contributed by atoms with E-state index in [2.05, 4.69) is 11.4 Å². The molecular weight excluding hydrogens is 330 g/mol. The Balaban J connectivity index is 1.67. The molecule has 0 bridgehead atoms. The summed E-state index contributed by atoms with van der Waals surface area (Å²) in [5, 5.41) is 3.93. The van der Waals surface area contributed by atoms with E-state index in [1.54, 1.807) is 20.5 Å². The standard InChI is InChI=1S/C21H23NO4/c1-13-5-7-17-16(12-26-21(17)14(13)2)10-20(23)22-11-15-6-8-18(24-3)19(9-15)25-4/h5-9,12H,10-11H2,1-4H3,(H,22,23). The molecule has 0 radical (unpaired) electrons. The Kier molecular flexibility index (Phi) is 5.16. The van der Waals surface area contributed by atoms with Crippen LogP contribution in [-0.2, 0) is 17.8 Å². The van der Waals surface area contributed by atoms with Crippen LogP contribution < -0.4 is 14.8 Å². The van der Waals surface area contributed by atoms with Gasteiger partial charge in [-0.1, -0.05) is 18.2 Å². The summed E-state index contributed by atoms with van der Waals surface area (Å²) >= 11 is 0. The van der Waals surface area contributed by atoms with Crippen molar-refractivity contribution in [3.05, 3.63) is 58.8 Å². The molecule has 3 aromatic rings. The van der Waals surface area contributed by atoms with Gasteiger partial charge < -0.3 is 19.2 Å². The van der Waals surface area contributed by atoms with Gasteiger partial charge in [0.1, 0.15) is 5.58 Å². The summed E-state index contributed by atoms with van der Waals surface area (Å²) < 4.78 is 16.2. The number of benzene rings is 2. The van der Waals surface area contributed by atoms with Gasteiger partial charge in [-0.3, -0.25) is 4.79 Å². The Morgan fingerprint density at radius 1 is 1.08 bits per heavy atom. The van der Waals surface area contributed by atoms with Gasteiger partial charge in [0.15, 0.2) is 11.5 Å². The van der Waals surface area contributed by atoms with Gasteiger partial charge >= 0.3 is 0 Å². The lowest BCUT2D eigenvalue weighted by atomic mass is 10.0. The van der Waals surface area contributed by atoms with Crippen LogP contribution in [0.3, 0.4) is 0 Å². The molecule has 0 atom stereocenters. The van der Waals surface area contributed by atoms with E-state index in [9.17, 15) is 4.79 Å². The van der Waals surface area contributed by atoms with E-state index in [0.29, 0.717) is 18.0 Å². The molecule has 0 spiro atoms. The summed E-state index contributed by atoms with van der Waals surface area (Å²) in [7, 11) is 3.19. The monoisotopic (exact) mass is 353 g/mol. The predicted octanol–water partition coefficient (Wildman–Crippen LogP) is 3.93. The van der Waals surface area contributed by atoms with Crippen LogP contribution in [0.1, 0.15) is 22.3 Å². The second-order valence-electron chi connectivity index (χ2n) is 6.29. The predicted molar refractivity (Wildman–Crippen MR) is 101 cm³/mol. The van der Waals surface area contributed by atoms with Crippen LogP contribution in [0.2, 0.25) is 0 Å². The normalized spacial score (nSPS) is 10.8. The first kappa shape index (κ1) is 17.9. The third kappa shape index (κ3) is 3.52. The van der Waals surface area contributed by atoms with Crippen molar-refractivity contribution in [2.45, 2.75) is 26.8 Å². The average Bonchev–Trinajstić information content (AvgIpc) is 3.06. The average molecular weight is 353 g/mol. The van der Waals surface area contributed by atoms with Crippen LogP contribution >= 0.6 is 0 Å². The Morgan fingerprint density at radius 3 is 2.58 bits per heavy atom. The number of furan rings is 1. The lowest BCUT2D eigenvalue weighted by molar-refractivity contribution is -0.120. The van der Waals surface area contributed by atoms with Gasteiger partial charge in [0, 0.05) is 17.5 Å². The molecule has 0 aliphatic heterocycles. The number of amides is 1. The number of hydrogen-bond acceptors (Lipinski definition) is 4. The summed E-state index contributed by atoms with van der Waals surface area (Å²) in [6.45, 7) is 4.50. The lowest BCUT2D eigenvalue weighted by Crippen LogP contribution is -2.24. The fourth-order valence-corrected chi connectivity index (χ4v) is 2.95. The minimum Gasteiger partial charge on any atom is -0.493 e. The maximum absolute atomic E-state index is 12.3. The van der Waals surface area contributed by atoms with E-state index < -0.39 is 0 Å². The first-order chi connectivity index (χ1) is 12.5. The number of hydrogen-bond donors (Lipinski definition) is 1. The molecule has 0 aliphatic carbocycles. The molecule has 1 heterocycles. The second-order valence-corrected chi connectivity index (χ2v) is 6.29. The summed E-state index contributed by atoms with van der Waals surface area (Å²) in [6, 6.07) is 9.66. The highest BCUT2D eigenvalue weighted by atomic mass is 16.5. The number of carbonyl (C=O) groups excluding carboxylic acids is 1. The number of rotatable bonds is 6. The van der Waals surface area contributed by atoms with Crippen LogP contribution in [0, 0.1) is 13.8 Å². The first-order valence-electron chi connectivity index (χ1n) is 8.47. The molecule has 0 aliphatic rings. The van der Waals surface area contributed by atoms with Crippen LogP contribution in [0.4, 0.5) is 0 Å². The first-order valence-corrected chi connectivity index (χ1v) is 8.47. The molecule has 136 valence electrons. The molecule has 3 rings (SSSR count). The highest BCUT2D eigenvalue weighted by molar-refractivity contribution is 5.89. The highest BCUT2D eigenvalue weighted by Crippen LogP contribution is 2.28. The summed E-state index contributed by atoms with van der Waals surface area (Å²) in [6.07, 6.45) is 1.95. The number of fused-ring (bicyclic) bond motifs is 1. The number of carbonyl (C=O) groups is 1. The molecular formula is C21H23NO4. The van der Waals surface area contributed by atoms with E-state index in [0.717, 1.165) is 27.7 Å². The Bertz CT molecular complexity index is 943. The Labute approximate surface area is 152 Å². The molecule has 0 saturated heterocycles. The van der Waals surface area contributed by atoms with E-state index in [4.69, 9.17) is 13.9 Å². The molecule has 1 aromatic heterocycles. The SMILES string of the molecule is COc1ccc(CNC(=O)Cc2coc3c(C)c(C)ccc23)cc1OC. The zero-order chi connectivity index (χ0) is 18.7. The topological polar surface area (TPSA) is 60.7 Å². The number of aryl methyl sites for hydroxylation is 2. The number of methoxy groups -OCH3 is 2. The summed E-state index contributed by atoms with van der Waals surface area (Å²) in [5.74, 6) is 1.25. The Morgan fingerprint density at radius 2 is 1.85 bits per heavy atom. The summed E-state index contributed by atoms with van der Waals surface area (Å²) in [5.41, 5.74) is 4.98. The largest absolute Gasteiger partial charge is 0.493 e. The minimum atomic E-state index is -0.0549. The number of ether oxygens (including phenoxy) is 2. The van der Waals surface area contributed by atoms with Crippen molar-refractivity contribution in [1.82, 2.24) is 5.32 Å². The third-order valence-electron chi connectivity index (χ3n) is 4.63. The van der Waals surface area contributed by atoms with Gasteiger partial charge in [-0.15, -0.1) is 0 Å². The smallest absolute Gasteiger partial charge is 0.224 e. The van der Waals surface area contributed by atoms with Crippen LogP contribution in [0.15, 0.2) is 41.0 Å². The highest BCUT2D eigenvalue weighted by Gasteiger charge is 2.13. The van der Waals surface area contributed by atoms with Crippen molar-refractivity contribution >= 4 is 16.9 Å².